The first kappa shape index (κ1) is 26.5. The average Bonchev–Trinajstić information content (AvgIpc) is 3.78. The number of aromatic nitrogens is 2. The molecular formula is C33H32N4O5. The second kappa shape index (κ2) is 11.4. The lowest BCUT2D eigenvalue weighted by Crippen LogP contribution is -2.30. The second-order valence-corrected chi connectivity index (χ2v) is 10.6. The van der Waals surface area contributed by atoms with Crippen LogP contribution < -0.4 is 5.32 Å². The standard InChI is InChI=1S/C33H32N4O5/c38-32-30-26-21-36(28-9-3-1-7-24(26)28)12-11-35(20-23-6-5-15-42-23)13-16-40-18-19-41-17-14-37-22-27(31(30)33(39)34-32)25-8-2-4-10-29(25)37/h1-10,15,21-22H,11-14,16-20H2,(H,34,38,39). The van der Waals surface area contributed by atoms with Gasteiger partial charge in [0, 0.05) is 71.5 Å². The molecule has 42 heavy (non-hydrogen) atoms. The Labute approximate surface area is 242 Å². The van der Waals surface area contributed by atoms with E-state index in [9.17, 15) is 9.59 Å². The highest BCUT2D eigenvalue weighted by atomic mass is 16.5. The molecular weight excluding hydrogens is 532 g/mol. The number of nitrogens with zero attached hydrogens (tertiary/aromatic N) is 3. The molecule has 2 aromatic carbocycles. The van der Waals surface area contributed by atoms with Crippen LogP contribution in [-0.2, 0) is 38.7 Å². The van der Waals surface area contributed by atoms with Crippen molar-refractivity contribution in [1.82, 2.24) is 19.4 Å². The lowest BCUT2D eigenvalue weighted by Gasteiger charge is -2.22. The summed E-state index contributed by atoms with van der Waals surface area (Å²) >= 11 is 0. The molecule has 9 nitrogen and oxygen atoms in total. The van der Waals surface area contributed by atoms with Crippen LogP contribution in [0.4, 0.5) is 0 Å². The molecule has 2 amide bonds. The Kier molecular flexibility index (Phi) is 7.21. The number of nitrogens with one attached hydrogen (secondary N) is 1. The maximum Gasteiger partial charge on any atom is 0.259 e. The number of amides is 2. The molecule has 2 aliphatic rings. The van der Waals surface area contributed by atoms with E-state index in [0.717, 1.165) is 51.8 Å². The Morgan fingerprint density at radius 3 is 1.86 bits per heavy atom. The Hall–Kier alpha value is -4.44. The zero-order valence-corrected chi connectivity index (χ0v) is 23.3. The fourth-order valence-electron chi connectivity index (χ4n) is 6.05. The Morgan fingerprint density at radius 2 is 1.24 bits per heavy atom. The molecule has 5 heterocycles. The first-order valence-electron chi connectivity index (χ1n) is 14.3. The third-order valence-corrected chi connectivity index (χ3v) is 8.06. The van der Waals surface area contributed by atoms with Crippen LogP contribution in [0.15, 0.2) is 83.7 Å². The van der Waals surface area contributed by atoms with Crippen LogP contribution in [0.25, 0.3) is 33.0 Å². The minimum absolute atomic E-state index is 0.374. The quantitative estimate of drug-likeness (QED) is 0.322. The van der Waals surface area contributed by atoms with E-state index in [-0.39, 0.29) is 11.8 Å². The molecule has 9 heteroatoms. The lowest BCUT2D eigenvalue weighted by atomic mass is 9.95. The molecule has 0 unspecified atom stereocenters. The van der Waals surface area contributed by atoms with Gasteiger partial charge in [0.2, 0.25) is 0 Å². The zero-order valence-electron chi connectivity index (χ0n) is 23.3. The van der Waals surface area contributed by atoms with E-state index >= 15 is 0 Å². The number of hydrogen-bond acceptors (Lipinski definition) is 6. The molecule has 2 aliphatic heterocycles. The molecule has 0 spiro atoms. The molecule has 7 rings (SSSR count). The fourth-order valence-corrected chi connectivity index (χ4v) is 6.05. The Balaban J connectivity index is 1.35. The number of carbonyl (C=O) groups is 2. The van der Waals surface area contributed by atoms with Gasteiger partial charge in [-0.2, -0.15) is 0 Å². The van der Waals surface area contributed by atoms with Gasteiger partial charge >= 0.3 is 0 Å². The number of benzene rings is 2. The van der Waals surface area contributed by atoms with Crippen molar-refractivity contribution in [3.63, 3.8) is 0 Å². The van der Waals surface area contributed by atoms with Crippen LogP contribution in [0.5, 0.6) is 0 Å². The predicted molar refractivity (Wildman–Crippen MR) is 159 cm³/mol. The smallest absolute Gasteiger partial charge is 0.259 e. The van der Waals surface area contributed by atoms with Crippen molar-refractivity contribution in [2.45, 2.75) is 19.6 Å². The number of para-hydroxylation sites is 2. The maximum absolute atomic E-state index is 13.5. The second-order valence-electron chi connectivity index (χ2n) is 10.6. The molecule has 3 aromatic heterocycles. The average molecular weight is 565 g/mol. The van der Waals surface area contributed by atoms with E-state index in [1.165, 1.54) is 0 Å². The highest BCUT2D eigenvalue weighted by Gasteiger charge is 2.35. The van der Waals surface area contributed by atoms with E-state index in [4.69, 9.17) is 13.9 Å². The van der Waals surface area contributed by atoms with Crippen molar-refractivity contribution in [1.29, 1.82) is 0 Å². The third-order valence-electron chi connectivity index (χ3n) is 8.06. The molecule has 0 atom stereocenters. The molecule has 0 radical (unpaired) electrons. The van der Waals surface area contributed by atoms with E-state index in [1.807, 2.05) is 67.0 Å². The van der Waals surface area contributed by atoms with Crippen LogP contribution in [-0.4, -0.2) is 65.4 Å². The SMILES string of the molecule is O=C1NC(=O)C2=C1c1cn(c3ccccc13)CCOCCOCCN(Cc1ccco1)CCn1cc2c2ccccc21. The zero-order chi connectivity index (χ0) is 28.5. The summed E-state index contributed by atoms with van der Waals surface area (Å²) in [5.74, 6) is 0.142. The molecule has 4 bridgehead atoms. The number of furan rings is 1. The van der Waals surface area contributed by atoms with E-state index < -0.39 is 0 Å². The Morgan fingerprint density at radius 1 is 0.643 bits per heavy atom. The van der Waals surface area contributed by atoms with Gasteiger partial charge in [0.15, 0.2) is 0 Å². The summed E-state index contributed by atoms with van der Waals surface area (Å²) in [5, 5.41) is 4.44. The van der Waals surface area contributed by atoms with Crippen molar-refractivity contribution in [2.24, 2.45) is 0 Å². The first-order valence-corrected chi connectivity index (χ1v) is 14.3. The predicted octanol–water partition coefficient (Wildman–Crippen LogP) is 4.31. The summed E-state index contributed by atoms with van der Waals surface area (Å²) in [6.45, 7) is 5.50. The van der Waals surface area contributed by atoms with E-state index in [0.29, 0.717) is 57.2 Å². The lowest BCUT2D eigenvalue weighted by molar-refractivity contribution is -0.122. The fraction of sp³-hybridized carbons (Fsp3) is 0.273. The normalized spacial score (nSPS) is 17.7. The van der Waals surface area contributed by atoms with Crippen LogP contribution in [0, 0.1) is 0 Å². The minimum Gasteiger partial charge on any atom is -0.468 e. The summed E-state index contributed by atoms with van der Waals surface area (Å²) < 4.78 is 21.7. The van der Waals surface area contributed by atoms with Gasteiger partial charge in [0.25, 0.3) is 11.8 Å². The summed E-state index contributed by atoms with van der Waals surface area (Å²) in [7, 11) is 0. The molecule has 0 fully saturated rings. The number of ether oxygens (including phenoxy) is 2. The van der Waals surface area contributed by atoms with Crippen molar-refractivity contribution < 1.29 is 23.5 Å². The Bertz CT molecular complexity index is 1800. The molecule has 1 N–H and O–H groups in total. The van der Waals surface area contributed by atoms with Gasteiger partial charge in [-0.25, -0.2) is 0 Å². The van der Waals surface area contributed by atoms with E-state index in [2.05, 4.69) is 25.4 Å². The van der Waals surface area contributed by atoms with Gasteiger partial charge in [-0.3, -0.25) is 19.8 Å². The maximum atomic E-state index is 13.5. The molecule has 0 saturated carbocycles. The number of rotatable bonds is 2. The van der Waals surface area contributed by atoms with Crippen LogP contribution in [0.2, 0.25) is 0 Å². The van der Waals surface area contributed by atoms with Gasteiger partial charge in [0.05, 0.1) is 50.4 Å². The largest absolute Gasteiger partial charge is 0.468 e. The number of hydrogen-bond donors (Lipinski definition) is 1. The molecule has 5 aromatic rings. The highest BCUT2D eigenvalue weighted by molar-refractivity contribution is 6.50. The van der Waals surface area contributed by atoms with Gasteiger partial charge in [-0.05, 0) is 24.3 Å². The van der Waals surface area contributed by atoms with E-state index in [1.54, 1.807) is 6.26 Å². The van der Waals surface area contributed by atoms with Gasteiger partial charge in [-0.1, -0.05) is 36.4 Å². The van der Waals surface area contributed by atoms with Crippen LogP contribution in [0.3, 0.4) is 0 Å². The highest BCUT2D eigenvalue weighted by Crippen LogP contribution is 2.39. The number of carbonyl (C=O) groups excluding carboxylic acids is 2. The third kappa shape index (κ3) is 4.96. The van der Waals surface area contributed by atoms with Crippen molar-refractivity contribution in [3.8, 4) is 0 Å². The number of imide groups is 1. The van der Waals surface area contributed by atoms with Crippen LogP contribution >= 0.6 is 0 Å². The first-order chi connectivity index (χ1) is 20.7. The number of fused-ring (bicyclic) bond motifs is 12. The van der Waals surface area contributed by atoms with Crippen molar-refractivity contribution >= 4 is 44.8 Å². The van der Waals surface area contributed by atoms with Gasteiger partial charge in [0.1, 0.15) is 5.76 Å². The van der Waals surface area contributed by atoms with Crippen LogP contribution in [0.1, 0.15) is 16.9 Å². The molecule has 0 saturated heterocycles. The van der Waals surface area contributed by atoms with Gasteiger partial charge in [-0.15, -0.1) is 0 Å². The summed E-state index contributed by atoms with van der Waals surface area (Å²) in [6.07, 6.45) is 5.68. The van der Waals surface area contributed by atoms with Crippen molar-refractivity contribution in [3.05, 3.63) is 96.2 Å². The minimum atomic E-state index is -0.376. The molecule has 214 valence electrons. The van der Waals surface area contributed by atoms with Gasteiger partial charge < -0.3 is 23.0 Å². The molecule has 0 aliphatic carbocycles. The topological polar surface area (TPSA) is 90.9 Å². The summed E-state index contributed by atoms with van der Waals surface area (Å²) in [6, 6.07) is 19.9. The monoisotopic (exact) mass is 564 g/mol. The summed E-state index contributed by atoms with van der Waals surface area (Å²) in [4.78, 5) is 29.2. The van der Waals surface area contributed by atoms with Crippen molar-refractivity contribution in [2.75, 3.05) is 39.5 Å². The summed E-state index contributed by atoms with van der Waals surface area (Å²) in [5.41, 5.74) is 4.31.